The zero-order valence-electron chi connectivity index (χ0n) is 23.0. The first-order chi connectivity index (χ1) is 19.2. The Hall–Kier alpha value is -3.38. The van der Waals surface area contributed by atoms with E-state index in [1.807, 2.05) is 49.3 Å². The molecule has 3 aromatic rings. The first-order valence-corrected chi connectivity index (χ1v) is 14.7. The Kier molecular flexibility index (Phi) is 8.18. The number of nitrogens with zero attached hydrogens (tertiary/aromatic N) is 4. The number of anilines is 2. The van der Waals surface area contributed by atoms with Gasteiger partial charge in [-0.05, 0) is 68.0 Å². The molecule has 0 radical (unpaired) electrons. The van der Waals surface area contributed by atoms with Crippen LogP contribution in [0.4, 0.5) is 11.4 Å². The molecule has 1 aliphatic heterocycles. The summed E-state index contributed by atoms with van der Waals surface area (Å²) in [6, 6.07) is 11.4. The molecule has 1 fully saturated rings. The summed E-state index contributed by atoms with van der Waals surface area (Å²) >= 11 is -1.50. The Morgan fingerprint density at radius 3 is 2.75 bits per heavy atom. The summed E-state index contributed by atoms with van der Waals surface area (Å²) in [6.45, 7) is 6.62. The van der Waals surface area contributed by atoms with Gasteiger partial charge in [0.2, 0.25) is 4.90 Å². The van der Waals surface area contributed by atoms with Crippen molar-refractivity contribution in [1.82, 2.24) is 14.3 Å². The number of carbonyl (C=O) groups is 1. The predicted octanol–water partition coefficient (Wildman–Crippen LogP) is 3.82. The SMILES string of the molecule is CCC1CN(Cc2nc(C(CC(=O)O)c3ccc(N(N)C4CC4)c(N)c3C)ccc2C)[S+]([O-])c2cccnc2O1. The monoisotopic (exact) mass is 564 g/mol. The summed E-state index contributed by atoms with van der Waals surface area (Å²) in [7, 11) is 0. The van der Waals surface area contributed by atoms with E-state index in [4.69, 9.17) is 21.3 Å². The Morgan fingerprint density at radius 1 is 1.27 bits per heavy atom. The molecule has 40 heavy (non-hydrogen) atoms. The first-order valence-electron chi connectivity index (χ1n) is 13.6. The minimum absolute atomic E-state index is 0.148. The summed E-state index contributed by atoms with van der Waals surface area (Å²) in [6.07, 6.45) is 4.10. The van der Waals surface area contributed by atoms with Gasteiger partial charge in [0.1, 0.15) is 6.10 Å². The highest BCUT2D eigenvalue weighted by Gasteiger charge is 2.35. The third-order valence-corrected chi connectivity index (χ3v) is 9.15. The second kappa shape index (κ2) is 11.6. The van der Waals surface area contributed by atoms with Crippen LogP contribution in [-0.2, 0) is 22.7 Å². The molecule has 1 aliphatic carbocycles. The largest absolute Gasteiger partial charge is 0.593 e. The molecule has 10 nitrogen and oxygen atoms in total. The average molecular weight is 565 g/mol. The molecular formula is C29H36N6O4S. The van der Waals surface area contributed by atoms with Crippen molar-refractivity contribution in [2.24, 2.45) is 5.84 Å². The smallest absolute Gasteiger partial charge is 0.304 e. The van der Waals surface area contributed by atoms with Gasteiger partial charge in [0.05, 0.1) is 47.9 Å². The van der Waals surface area contributed by atoms with Gasteiger partial charge in [-0.2, -0.15) is 0 Å². The lowest BCUT2D eigenvalue weighted by molar-refractivity contribution is -0.137. The first kappa shape index (κ1) is 28.2. The maximum absolute atomic E-state index is 13.6. The molecule has 3 unspecified atom stereocenters. The molecule has 212 valence electrons. The molecular weight excluding hydrogens is 528 g/mol. The topological polar surface area (TPSA) is 154 Å². The number of ether oxygens (including phenoxy) is 1. The van der Waals surface area contributed by atoms with Crippen LogP contribution in [0.3, 0.4) is 0 Å². The Balaban J connectivity index is 1.49. The quantitative estimate of drug-likeness (QED) is 0.151. The Bertz CT molecular complexity index is 1400. The van der Waals surface area contributed by atoms with Crippen molar-refractivity contribution in [3.8, 4) is 5.88 Å². The van der Waals surface area contributed by atoms with E-state index in [0.717, 1.165) is 47.3 Å². The zero-order chi connectivity index (χ0) is 28.6. The lowest BCUT2D eigenvalue weighted by Crippen LogP contribution is -2.37. The van der Waals surface area contributed by atoms with Gasteiger partial charge in [0, 0.05) is 29.9 Å². The van der Waals surface area contributed by atoms with Gasteiger partial charge in [-0.1, -0.05) is 19.1 Å². The molecule has 0 amide bonds. The standard InChI is InChI=1S/C29H36N6O4S/c1-4-20-15-34(40(38)26-6-5-13-32-29(26)39-20)16-24-17(2)7-11-23(33-24)22(14-27(36)37)21-10-12-25(28(30)18(21)3)35(31)19-8-9-19/h5-7,10-13,19-20,22H,4,8-9,14-16,30-31H2,1-3H3,(H,36,37). The van der Waals surface area contributed by atoms with Crippen molar-refractivity contribution in [2.75, 3.05) is 17.3 Å². The third-order valence-electron chi connectivity index (χ3n) is 7.71. The summed E-state index contributed by atoms with van der Waals surface area (Å²) in [5.74, 6) is 5.23. The van der Waals surface area contributed by atoms with Crippen molar-refractivity contribution in [1.29, 1.82) is 0 Å². The van der Waals surface area contributed by atoms with Crippen molar-refractivity contribution in [3.63, 3.8) is 0 Å². The summed E-state index contributed by atoms with van der Waals surface area (Å²) < 4.78 is 21.5. The van der Waals surface area contributed by atoms with Crippen LogP contribution in [-0.4, -0.2) is 48.6 Å². The number of carboxylic acids is 1. The second-order valence-corrected chi connectivity index (χ2v) is 12.0. The van der Waals surface area contributed by atoms with E-state index in [-0.39, 0.29) is 18.6 Å². The number of aromatic nitrogens is 2. The van der Waals surface area contributed by atoms with E-state index in [1.54, 1.807) is 23.3 Å². The number of rotatable bonds is 9. The number of hydrazine groups is 1. The zero-order valence-corrected chi connectivity index (χ0v) is 23.9. The van der Waals surface area contributed by atoms with Crippen LogP contribution in [0.5, 0.6) is 5.88 Å². The number of carboxylic acid groups (broad SMARTS) is 1. The lowest BCUT2D eigenvalue weighted by atomic mass is 9.87. The molecule has 5 N–H and O–H groups in total. The lowest BCUT2D eigenvalue weighted by Gasteiger charge is -2.26. The maximum atomic E-state index is 13.6. The molecule has 3 atom stereocenters. The number of aliphatic carboxylic acids is 1. The number of nitrogens with two attached hydrogens (primary N) is 2. The molecule has 2 aromatic heterocycles. The average Bonchev–Trinajstić information content (AvgIpc) is 3.79. The Morgan fingerprint density at radius 2 is 2.05 bits per heavy atom. The number of nitrogen functional groups attached to an aromatic ring is 1. The highest BCUT2D eigenvalue weighted by Crippen LogP contribution is 2.39. The molecule has 3 heterocycles. The van der Waals surface area contributed by atoms with Gasteiger partial charge in [0.15, 0.2) is 0 Å². The molecule has 1 saturated carbocycles. The molecule has 5 rings (SSSR count). The van der Waals surface area contributed by atoms with Crippen LogP contribution < -0.4 is 21.3 Å². The van der Waals surface area contributed by atoms with Crippen molar-refractivity contribution >= 4 is 28.7 Å². The van der Waals surface area contributed by atoms with E-state index in [1.165, 1.54) is 0 Å². The highest BCUT2D eigenvalue weighted by atomic mass is 32.2. The minimum atomic E-state index is -1.50. The van der Waals surface area contributed by atoms with Crippen LogP contribution in [0, 0.1) is 13.8 Å². The molecule has 0 saturated heterocycles. The van der Waals surface area contributed by atoms with Gasteiger partial charge < -0.3 is 25.1 Å². The van der Waals surface area contributed by atoms with E-state index in [9.17, 15) is 14.5 Å². The highest BCUT2D eigenvalue weighted by molar-refractivity contribution is 7.89. The second-order valence-electron chi connectivity index (χ2n) is 10.5. The fourth-order valence-corrected chi connectivity index (χ4v) is 6.37. The van der Waals surface area contributed by atoms with E-state index in [0.29, 0.717) is 35.2 Å². The van der Waals surface area contributed by atoms with Crippen molar-refractivity contribution in [3.05, 3.63) is 70.7 Å². The minimum Gasteiger partial charge on any atom is -0.593 e. The summed E-state index contributed by atoms with van der Waals surface area (Å²) in [5, 5.41) is 11.5. The van der Waals surface area contributed by atoms with Crippen LogP contribution in [0.2, 0.25) is 0 Å². The van der Waals surface area contributed by atoms with Crippen LogP contribution in [0.1, 0.15) is 66.6 Å². The predicted molar refractivity (Wildman–Crippen MR) is 154 cm³/mol. The molecule has 0 spiro atoms. The normalized spacial score (nSPS) is 19.8. The van der Waals surface area contributed by atoms with Gasteiger partial charge in [0.25, 0.3) is 5.88 Å². The number of aryl methyl sites for hydroxylation is 1. The number of benzene rings is 1. The van der Waals surface area contributed by atoms with E-state index < -0.39 is 23.2 Å². The van der Waals surface area contributed by atoms with Gasteiger partial charge in [-0.25, -0.2) is 10.8 Å². The molecule has 11 heteroatoms. The van der Waals surface area contributed by atoms with Crippen LogP contribution in [0.25, 0.3) is 0 Å². The maximum Gasteiger partial charge on any atom is 0.304 e. The number of pyridine rings is 2. The fourth-order valence-electron chi connectivity index (χ4n) is 5.10. The van der Waals surface area contributed by atoms with Crippen LogP contribution in [0.15, 0.2) is 47.5 Å². The summed E-state index contributed by atoms with van der Waals surface area (Å²) in [5.41, 5.74) is 11.7. The fraction of sp³-hybridized carbons (Fsp3) is 0.414. The molecule has 1 aromatic carbocycles. The van der Waals surface area contributed by atoms with Crippen molar-refractivity contribution < 1.29 is 19.2 Å². The van der Waals surface area contributed by atoms with E-state index in [2.05, 4.69) is 4.98 Å². The summed E-state index contributed by atoms with van der Waals surface area (Å²) in [4.78, 5) is 21.8. The van der Waals surface area contributed by atoms with Gasteiger partial charge in [-0.3, -0.25) is 9.78 Å². The number of hydrogen-bond donors (Lipinski definition) is 3. The third kappa shape index (κ3) is 5.73. The van der Waals surface area contributed by atoms with E-state index >= 15 is 0 Å². The van der Waals surface area contributed by atoms with Gasteiger partial charge in [-0.15, -0.1) is 4.31 Å². The van der Waals surface area contributed by atoms with Crippen molar-refractivity contribution in [2.45, 2.75) is 76.0 Å². The van der Waals surface area contributed by atoms with Gasteiger partial charge >= 0.3 is 5.97 Å². The number of fused-ring (bicyclic) bond motifs is 1. The van der Waals surface area contributed by atoms with Crippen LogP contribution >= 0.6 is 0 Å². The Labute approximate surface area is 237 Å². The molecule has 2 aliphatic rings. The number of hydrogen-bond acceptors (Lipinski definition) is 9. The molecule has 0 bridgehead atoms.